The van der Waals surface area contributed by atoms with Crippen LogP contribution in [-0.2, 0) is 4.79 Å². The Bertz CT molecular complexity index is 847. The van der Waals surface area contributed by atoms with Crippen molar-refractivity contribution >= 4 is 17.5 Å². The van der Waals surface area contributed by atoms with E-state index in [1.54, 1.807) is 48.1 Å². The molecule has 3 rings (SSSR count). The maximum atomic E-state index is 12.9. The molecule has 1 fully saturated rings. The molecular weight excluding hydrogens is 328 g/mol. The monoisotopic (exact) mass is 352 g/mol. The highest BCUT2D eigenvalue weighted by Crippen LogP contribution is 2.24. The predicted molar refractivity (Wildman–Crippen MR) is 102 cm³/mol. The first-order chi connectivity index (χ1) is 12.4. The zero-order valence-corrected chi connectivity index (χ0v) is 15.7. The first-order valence-corrected chi connectivity index (χ1v) is 8.76. The minimum absolute atomic E-state index is 0.0595. The highest BCUT2D eigenvalue weighted by molar-refractivity contribution is 6.03. The first kappa shape index (κ1) is 18.0. The highest BCUT2D eigenvalue weighted by atomic mass is 16.5. The van der Waals surface area contributed by atoms with E-state index in [0.717, 1.165) is 11.3 Å². The summed E-state index contributed by atoms with van der Waals surface area (Å²) in [4.78, 5) is 29.2. The molecule has 2 amide bonds. The quantitative estimate of drug-likeness (QED) is 0.852. The van der Waals surface area contributed by atoms with E-state index in [-0.39, 0.29) is 11.8 Å². The number of rotatable bonds is 3. The molecule has 0 saturated carbocycles. The number of hydrogen-bond donors (Lipinski definition) is 0. The molecule has 5 nitrogen and oxygen atoms in total. The summed E-state index contributed by atoms with van der Waals surface area (Å²) in [5, 5.41) is 0. The van der Waals surface area contributed by atoms with Gasteiger partial charge in [-0.05, 0) is 62.2 Å². The van der Waals surface area contributed by atoms with Crippen LogP contribution in [0.5, 0.6) is 5.75 Å². The number of aryl methyl sites for hydroxylation is 2. The zero-order valence-electron chi connectivity index (χ0n) is 15.7. The van der Waals surface area contributed by atoms with E-state index in [2.05, 4.69) is 0 Å². The summed E-state index contributed by atoms with van der Waals surface area (Å²) in [5.41, 5.74) is 3.76. The molecule has 1 heterocycles. The fourth-order valence-electron chi connectivity index (χ4n) is 3.22. The van der Waals surface area contributed by atoms with Gasteiger partial charge < -0.3 is 14.5 Å². The van der Waals surface area contributed by atoms with Crippen molar-refractivity contribution in [1.29, 1.82) is 0 Å². The molecule has 0 aliphatic carbocycles. The van der Waals surface area contributed by atoms with Crippen LogP contribution < -0.4 is 9.64 Å². The summed E-state index contributed by atoms with van der Waals surface area (Å²) in [6.45, 7) is 6.86. The Hall–Kier alpha value is -2.82. The van der Waals surface area contributed by atoms with E-state index in [4.69, 9.17) is 4.74 Å². The van der Waals surface area contributed by atoms with Gasteiger partial charge in [-0.2, -0.15) is 0 Å². The second-order valence-electron chi connectivity index (χ2n) is 6.66. The van der Waals surface area contributed by atoms with Crippen LogP contribution in [0.15, 0.2) is 42.5 Å². The van der Waals surface area contributed by atoms with Crippen LogP contribution in [0, 0.1) is 13.8 Å². The van der Waals surface area contributed by atoms with Crippen LogP contribution in [0.1, 0.15) is 28.4 Å². The molecule has 1 atom stereocenters. The number of amides is 2. The summed E-state index contributed by atoms with van der Waals surface area (Å²) in [5.74, 6) is 0.420. The number of anilines is 1. The second-order valence-corrected chi connectivity index (χ2v) is 6.66. The van der Waals surface area contributed by atoms with E-state index in [1.165, 1.54) is 5.56 Å². The van der Waals surface area contributed by atoms with Gasteiger partial charge in [0.2, 0.25) is 5.91 Å². The first-order valence-electron chi connectivity index (χ1n) is 8.76. The van der Waals surface area contributed by atoms with Crippen molar-refractivity contribution in [3.05, 3.63) is 59.2 Å². The Morgan fingerprint density at radius 2 is 1.85 bits per heavy atom. The molecule has 1 aliphatic heterocycles. The average molecular weight is 352 g/mol. The third-order valence-corrected chi connectivity index (χ3v) is 5.04. The molecule has 0 N–H and O–H groups in total. The molecule has 1 saturated heterocycles. The van der Waals surface area contributed by atoms with E-state index >= 15 is 0 Å². The third kappa shape index (κ3) is 3.29. The molecule has 2 aromatic rings. The van der Waals surface area contributed by atoms with Gasteiger partial charge in [0, 0.05) is 24.3 Å². The van der Waals surface area contributed by atoms with Crippen LogP contribution in [0.4, 0.5) is 5.69 Å². The van der Waals surface area contributed by atoms with Crippen LogP contribution in [0.3, 0.4) is 0 Å². The summed E-state index contributed by atoms with van der Waals surface area (Å²) >= 11 is 0. The fraction of sp³-hybridized carbons (Fsp3) is 0.333. The summed E-state index contributed by atoms with van der Waals surface area (Å²) in [6.07, 6.45) is 0. The number of methoxy groups -OCH3 is 1. The lowest BCUT2D eigenvalue weighted by Crippen LogP contribution is -2.57. The molecule has 5 heteroatoms. The number of nitrogens with zero attached hydrogens (tertiary/aromatic N) is 2. The SMILES string of the molecule is COc1cccc(C(=O)N2CCN(c3ccc(C)c(C)c3)C(=O)[C@H]2C)c1. The lowest BCUT2D eigenvalue weighted by atomic mass is 10.1. The van der Waals surface area contributed by atoms with Crippen molar-refractivity contribution in [2.24, 2.45) is 0 Å². The number of carbonyl (C=O) groups excluding carboxylic acids is 2. The number of carbonyl (C=O) groups is 2. The van der Waals surface area contributed by atoms with Crippen LogP contribution >= 0.6 is 0 Å². The molecule has 26 heavy (non-hydrogen) atoms. The standard InChI is InChI=1S/C21H24N2O3/c1-14-8-9-18(12-15(14)2)23-11-10-22(16(3)20(23)24)21(25)17-6-5-7-19(13-17)26-4/h5-9,12-13,16H,10-11H2,1-4H3/t16-/m1/s1. The molecule has 0 spiro atoms. The molecule has 0 aromatic heterocycles. The van der Waals surface area contributed by atoms with Crippen molar-refractivity contribution in [2.45, 2.75) is 26.8 Å². The maximum absolute atomic E-state index is 12.9. The molecule has 1 aliphatic rings. The lowest BCUT2D eigenvalue weighted by Gasteiger charge is -2.39. The smallest absolute Gasteiger partial charge is 0.254 e. The van der Waals surface area contributed by atoms with Gasteiger partial charge in [0.05, 0.1) is 7.11 Å². The van der Waals surface area contributed by atoms with Gasteiger partial charge in [0.25, 0.3) is 5.91 Å². The van der Waals surface area contributed by atoms with E-state index in [0.29, 0.717) is 24.4 Å². The van der Waals surface area contributed by atoms with Crippen molar-refractivity contribution in [2.75, 3.05) is 25.1 Å². The maximum Gasteiger partial charge on any atom is 0.254 e. The van der Waals surface area contributed by atoms with Crippen molar-refractivity contribution in [3.63, 3.8) is 0 Å². The van der Waals surface area contributed by atoms with E-state index < -0.39 is 6.04 Å². The van der Waals surface area contributed by atoms with E-state index in [1.807, 2.05) is 32.0 Å². The zero-order chi connectivity index (χ0) is 18.8. The van der Waals surface area contributed by atoms with Gasteiger partial charge in [-0.15, -0.1) is 0 Å². The normalized spacial score (nSPS) is 17.4. The minimum atomic E-state index is -0.510. The fourth-order valence-corrected chi connectivity index (χ4v) is 3.22. The number of piperazine rings is 1. The van der Waals surface area contributed by atoms with Crippen LogP contribution in [0.2, 0.25) is 0 Å². The Labute approximate surface area is 154 Å². The predicted octanol–water partition coefficient (Wildman–Crippen LogP) is 3.19. The topological polar surface area (TPSA) is 49.9 Å². The molecular formula is C21H24N2O3. The average Bonchev–Trinajstić information content (AvgIpc) is 2.66. The van der Waals surface area contributed by atoms with E-state index in [9.17, 15) is 9.59 Å². The van der Waals surface area contributed by atoms with Crippen LogP contribution in [-0.4, -0.2) is 43.0 Å². The Kier molecular flexibility index (Phi) is 4.98. The summed E-state index contributed by atoms with van der Waals surface area (Å²) in [7, 11) is 1.57. The van der Waals surface area contributed by atoms with Crippen LogP contribution in [0.25, 0.3) is 0 Å². The van der Waals surface area contributed by atoms with Gasteiger partial charge in [0.15, 0.2) is 0 Å². The third-order valence-electron chi connectivity index (χ3n) is 5.04. The Balaban J connectivity index is 1.80. The van der Waals surface area contributed by atoms with Gasteiger partial charge in [-0.3, -0.25) is 9.59 Å². The van der Waals surface area contributed by atoms with Gasteiger partial charge >= 0.3 is 0 Å². The molecule has 0 bridgehead atoms. The largest absolute Gasteiger partial charge is 0.497 e. The van der Waals surface area contributed by atoms with Gasteiger partial charge in [-0.1, -0.05) is 12.1 Å². The molecule has 0 unspecified atom stereocenters. The van der Waals surface area contributed by atoms with Crippen molar-refractivity contribution in [1.82, 2.24) is 4.90 Å². The lowest BCUT2D eigenvalue weighted by molar-refractivity contribution is -0.124. The Morgan fingerprint density at radius 3 is 2.54 bits per heavy atom. The van der Waals surface area contributed by atoms with Crippen molar-refractivity contribution in [3.8, 4) is 5.75 Å². The summed E-state index contributed by atoms with van der Waals surface area (Å²) in [6, 6.07) is 12.5. The highest BCUT2D eigenvalue weighted by Gasteiger charge is 2.35. The summed E-state index contributed by atoms with van der Waals surface area (Å²) < 4.78 is 5.19. The van der Waals surface area contributed by atoms with Gasteiger partial charge in [0.1, 0.15) is 11.8 Å². The number of benzene rings is 2. The van der Waals surface area contributed by atoms with Gasteiger partial charge in [-0.25, -0.2) is 0 Å². The molecule has 2 aromatic carbocycles. The Morgan fingerprint density at radius 1 is 1.08 bits per heavy atom. The number of hydrogen-bond acceptors (Lipinski definition) is 3. The van der Waals surface area contributed by atoms with Crippen molar-refractivity contribution < 1.29 is 14.3 Å². The number of ether oxygens (including phenoxy) is 1. The minimum Gasteiger partial charge on any atom is -0.497 e. The second kappa shape index (κ2) is 7.20. The molecule has 136 valence electrons. The molecule has 0 radical (unpaired) electrons.